The average molecular weight is 361 g/mol. The zero-order valence-corrected chi connectivity index (χ0v) is 16.8. The first-order valence-electron chi connectivity index (χ1n) is 9.48. The summed E-state index contributed by atoms with van der Waals surface area (Å²) in [6.45, 7) is 11.6. The summed E-state index contributed by atoms with van der Waals surface area (Å²) in [7, 11) is 0. The smallest absolute Gasteiger partial charge is 0.272 e. The number of hydrogen-bond acceptors (Lipinski definition) is 2. The fourth-order valence-corrected chi connectivity index (χ4v) is 3.20. The van der Waals surface area contributed by atoms with E-state index >= 15 is 0 Å². The molecule has 0 radical (unpaired) electrons. The molecule has 0 saturated carbocycles. The second-order valence-electron chi connectivity index (χ2n) is 6.94. The molecule has 0 spiro atoms. The van der Waals surface area contributed by atoms with Crippen molar-refractivity contribution >= 4 is 5.91 Å². The van der Waals surface area contributed by atoms with Crippen LogP contribution in [0.4, 0.5) is 0 Å². The van der Waals surface area contributed by atoms with E-state index in [-0.39, 0.29) is 5.91 Å². The molecule has 1 amide bonds. The highest BCUT2D eigenvalue weighted by molar-refractivity contribution is 5.94. The van der Waals surface area contributed by atoms with Crippen molar-refractivity contribution in [2.24, 2.45) is 0 Å². The van der Waals surface area contributed by atoms with Crippen LogP contribution < -0.4 is 0 Å². The van der Waals surface area contributed by atoms with Crippen molar-refractivity contribution in [2.45, 2.75) is 34.6 Å². The van der Waals surface area contributed by atoms with Gasteiger partial charge in [-0.05, 0) is 75.6 Å². The van der Waals surface area contributed by atoms with Crippen molar-refractivity contribution in [3.63, 3.8) is 0 Å². The fraction of sp³-hybridized carbons (Fsp3) is 0.304. The van der Waals surface area contributed by atoms with Crippen LogP contribution in [0.1, 0.15) is 41.0 Å². The van der Waals surface area contributed by atoms with Gasteiger partial charge in [0.25, 0.3) is 5.91 Å². The minimum atomic E-state index is 0.00379. The van der Waals surface area contributed by atoms with E-state index in [1.807, 2.05) is 49.9 Å². The molecule has 0 aliphatic carbocycles. The summed E-state index contributed by atoms with van der Waals surface area (Å²) in [6.07, 6.45) is 0. The highest BCUT2D eigenvalue weighted by Crippen LogP contribution is 2.25. The molecular formula is C23H27N3O. The van der Waals surface area contributed by atoms with E-state index < -0.39 is 0 Å². The van der Waals surface area contributed by atoms with E-state index in [0.29, 0.717) is 18.8 Å². The lowest BCUT2D eigenvalue weighted by molar-refractivity contribution is 0.0764. The van der Waals surface area contributed by atoms with Crippen LogP contribution in [0.25, 0.3) is 16.9 Å². The number of carbonyl (C=O) groups is 1. The summed E-state index contributed by atoms with van der Waals surface area (Å²) in [4.78, 5) is 14.9. The van der Waals surface area contributed by atoms with E-state index in [2.05, 4.69) is 38.1 Å². The molecule has 4 heteroatoms. The van der Waals surface area contributed by atoms with Crippen LogP contribution in [0.3, 0.4) is 0 Å². The van der Waals surface area contributed by atoms with E-state index in [1.54, 1.807) is 4.68 Å². The lowest BCUT2D eigenvalue weighted by Crippen LogP contribution is -2.32. The number of aromatic nitrogens is 2. The Hall–Kier alpha value is -2.88. The van der Waals surface area contributed by atoms with Crippen LogP contribution in [-0.4, -0.2) is 33.7 Å². The maximum absolute atomic E-state index is 13.1. The number of rotatable bonds is 5. The van der Waals surface area contributed by atoms with Gasteiger partial charge in [0, 0.05) is 18.7 Å². The van der Waals surface area contributed by atoms with E-state index in [4.69, 9.17) is 5.10 Å². The predicted molar refractivity (Wildman–Crippen MR) is 110 cm³/mol. The van der Waals surface area contributed by atoms with Crippen LogP contribution in [0, 0.1) is 20.8 Å². The molecule has 3 aromatic rings. The van der Waals surface area contributed by atoms with Gasteiger partial charge in [-0.3, -0.25) is 4.79 Å². The molecule has 1 aromatic heterocycles. The molecule has 2 aromatic carbocycles. The summed E-state index contributed by atoms with van der Waals surface area (Å²) in [6, 6.07) is 16.3. The topological polar surface area (TPSA) is 38.1 Å². The summed E-state index contributed by atoms with van der Waals surface area (Å²) < 4.78 is 1.78. The molecule has 0 N–H and O–H groups in total. The Morgan fingerprint density at radius 1 is 0.963 bits per heavy atom. The third kappa shape index (κ3) is 3.80. The maximum Gasteiger partial charge on any atom is 0.272 e. The first kappa shape index (κ1) is 18.9. The molecule has 4 nitrogen and oxygen atoms in total. The van der Waals surface area contributed by atoms with E-state index in [1.165, 1.54) is 11.1 Å². The standard InChI is InChI=1S/C23H27N3O/c1-6-25(7-2)23(27)22-15-21(19-12-11-17(4)18(5)14-19)24-26(22)20-10-8-9-16(3)13-20/h8-15H,6-7H2,1-5H3. The highest BCUT2D eigenvalue weighted by Gasteiger charge is 2.21. The molecule has 27 heavy (non-hydrogen) atoms. The third-order valence-electron chi connectivity index (χ3n) is 5.03. The molecule has 0 aliphatic heterocycles. The summed E-state index contributed by atoms with van der Waals surface area (Å²) in [5.41, 5.74) is 6.94. The third-order valence-corrected chi connectivity index (χ3v) is 5.03. The number of hydrogen-bond donors (Lipinski definition) is 0. The minimum Gasteiger partial charge on any atom is -0.338 e. The first-order valence-corrected chi connectivity index (χ1v) is 9.48. The normalized spacial score (nSPS) is 10.9. The van der Waals surface area contributed by atoms with Gasteiger partial charge in [0.15, 0.2) is 0 Å². The Labute approximate surface area is 161 Å². The molecular weight excluding hydrogens is 334 g/mol. The van der Waals surface area contributed by atoms with Gasteiger partial charge in [0.2, 0.25) is 0 Å². The Bertz CT molecular complexity index is 968. The molecule has 0 fully saturated rings. The SMILES string of the molecule is CCN(CC)C(=O)c1cc(-c2ccc(C)c(C)c2)nn1-c1cccc(C)c1. The van der Waals surface area contributed by atoms with Crippen LogP contribution >= 0.6 is 0 Å². The molecule has 140 valence electrons. The summed E-state index contributed by atoms with van der Waals surface area (Å²) in [5, 5.41) is 4.80. The van der Waals surface area contributed by atoms with Crippen LogP contribution in [0.15, 0.2) is 48.5 Å². The second-order valence-corrected chi connectivity index (χ2v) is 6.94. The van der Waals surface area contributed by atoms with Crippen molar-refractivity contribution in [2.75, 3.05) is 13.1 Å². The van der Waals surface area contributed by atoms with Gasteiger partial charge in [0.1, 0.15) is 5.69 Å². The number of amides is 1. The van der Waals surface area contributed by atoms with E-state index in [9.17, 15) is 4.79 Å². The number of nitrogens with zero attached hydrogens (tertiary/aromatic N) is 3. The van der Waals surface area contributed by atoms with Gasteiger partial charge in [-0.15, -0.1) is 0 Å². The molecule has 3 rings (SSSR count). The van der Waals surface area contributed by atoms with Gasteiger partial charge in [-0.2, -0.15) is 5.10 Å². The average Bonchev–Trinajstić information content (AvgIpc) is 3.10. The van der Waals surface area contributed by atoms with Crippen molar-refractivity contribution in [3.8, 4) is 16.9 Å². The molecule has 1 heterocycles. The molecule has 0 unspecified atom stereocenters. The second kappa shape index (κ2) is 7.78. The van der Waals surface area contributed by atoms with Crippen LogP contribution in [0.2, 0.25) is 0 Å². The molecule has 0 atom stereocenters. The van der Waals surface area contributed by atoms with Crippen LogP contribution in [0.5, 0.6) is 0 Å². The highest BCUT2D eigenvalue weighted by atomic mass is 16.2. The van der Waals surface area contributed by atoms with Crippen molar-refractivity contribution in [1.82, 2.24) is 14.7 Å². The zero-order valence-electron chi connectivity index (χ0n) is 16.8. The molecule has 0 bridgehead atoms. The number of aryl methyl sites for hydroxylation is 3. The number of carbonyl (C=O) groups excluding carboxylic acids is 1. The molecule has 0 aliphatic rings. The maximum atomic E-state index is 13.1. The van der Waals surface area contributed by atoms with Crippen LogP contribution in [-0.2, 0) is 0 Å². The monoisotopic (exact) mass is 361 g/mol. The Morgan fingerprint density at radius 2 is 1.70 bits per heavy atom. The Kier molecular flexibility index (Phi) is 5.45. The number of benzene rings is 2. The lowest BCUT2D eigenvalue weighted by atomic mass is 10.0. The zero-order chi connectivity index (χ0) is 19.6. The van der Waals surface area contributed by atoms with Crippen molar-refractivity contribution in [1.29, 1.82) is 0 Å². The van der Waals surface area contributed by atoms with Crippen molar-refractivity contribution in [3.05, 3.63) is 70.9 Å². The first-order chi connectivity index (χ1) is 12.9. The van der Waals surface area contributed by atoms with Gasteiger partial charge in [0.05, 0.1) is 11.4 Å². The fourth-order valence-electron chi connectivity index (χ4n) is 3.20. The Morgan fingerprint density at radius 3 is 2.33 bits per heavy atom. The van der Waals surface area contributed by atoms with Gasteiger partial charge >= 0.3 is 0 Å². The summed E-state index contributed by atoms with van der Waals surface area (Å²) >= 11 is 0. The molecule has 0 saturated heterocycles. The Balaban J connectivity index is 2.16. The van der Waals surface area contributed by atoms with E-state index in [0.717, 1.165) is 22.5 Å². The minimum absolute atomic E-state index is 0.00379. The largest absolute Gasteiger partial charge is 0.338 e. The van der Waals surface area contributed by atoms with Gasteiger partial charge in [-0.25, -0.2) is 4.68 Å². The quantitative estimate of drug-likeness (QED) is 0.645. The van der Waals surface area contributed by atoms with Gasteiger partial charge in [-0.1, -0.05) is 24.3 Å². The van der Waals surface area contributed by atoms with Gasteiger partial charge < -0.3 is 4.90 Å². The van der Waals surface area contributed by atoms with Crippen molar-refractivity contribution < 1.29 is 4.79 Å². The summed E-state index contributed by atoms with van der Waals surface area (Å²) in [5.74, 6) is 0.00379. The predicted octanol–water partition coefficient (Wildman–Crippen LogP) is 4.95. The lowest BCUT2D eigenvalue weighted by Gasteiger charge is -2.19.